The van der Waals surface area contributed by atoms with E-state index in [1.54, 1.807) is 55.1 Å². The van der Waals surface area contributed by atoms with Gasteiger partial charge in [-0.2, -0.15) is 0 Å². The van der Waals surface area contributed by atoms with Gasteiger partial charge in [-0.25, -0.2) is 17.8 Å². The summed E-state index contributed by atoms with van der Waals surface area (Å²) in [4.78, 5) is 25.1. The molecule has 0 aliphatic rings. The molecular formula is C19H19BrN4O4S. The molecule has 8 nitrogen and oxygen atoms in total. The van der Waals surface area contributed by atoms with Gasteiger partial charge < -0.3 is 5.32 Å². The lowest BCUT2D eigenvalue weighted by molar-refractivity contribution is -0.115. The predicted molar refractivity (Wildman–Crippen MR) is 114 cm³/mol. The first-order chi connectivity index (χ1) is 13.7. The van der Waals surface area contributed by atoms with Gasteiger partial charge in [0, 0.05) is 11.5 Å². The number of sulfonamides is 1. The van der Waals surface area contributed by atoms with E-state index >= 15 is 0 Å². The molecule has 10 heteroatoms. The van der Waals surface area contributed by atoms with Gasteiger partial charge in [-0.05, 0) is 43.3 Å². The topological polar surface area (TPSA) is 102 Å². The summed E-state index contributed by atoms with van der Waals surface area (Å²) >= 11 is 3.24. The first kappa shape index (κ1) is 21.0. The number of nitrogens with zero attached hydrogens (tertiary/aromatic N) is 2. The number of aromatic nitrogens is 2. The van der Waals surface area contributed by atoms with Crippen molar-refractivity contribution in [2.24, 2.45) is 7.05 Å². The first-order valence-corrected chi connectivity index (χ1v) is 10.9. The zero-order valence-corrected chi connectivity index (χ0v) is 18.1. The van der Waals surface area contributed by atoms with Crippen LogP contribution in [0.25, 0.3) is 5.69 Å². The Kier molecular flexibility index (Phi) is 6.06. The summed E-state index contributed by atoms with van der Waals surface area (Å²) in [5.74, 6) is -0.642. The van der Waals surface area contributed by atoms with Crippen molar-refractivity contribution in [2.45, 2.75) is 11.8 Å². The van der Waals surface area contributed by atoms with Crippen LogP contribution in [0.4, 0.5) is 5.69 Å². The smallest absolute Gasteiger partial charge is 0.295 e. The van der Waals surface area contributed by atoms with E-state index in [0.29, 0.717) is 11.4 Å². The number of rotatable bonds is 6. The van der Waals surface area contributed by atoms with Crippen molar-refractivity contribution in [1.82, 2.24) is 14.1 Å². The molecule has 2 aromatic carbocycles. The number of hydrogen-bond acceptors (Lipinski definition) is 4. The molecule has 0 atom stereocenters. The normalized spacial score (nSPS) is 11.4. The lowest BCUT2D eigenvalue weighted by Crippen LogP contribution is -2.34. The van der Waals surface area contributed by atoms with Crippen molar-refractivity contribution >= 4 is 37.5 Å². The maximum Gasteiger partial charge on any atom is 0.295 e. The third-order valence-electron chi connectivity index (χ3n) is 4.37. The third kappa shape index (κ3) is 4.50. The minimum atomic E-state index is -3.85. The fourth-order valence-electron chi connectivity index (χ4n) is 2.75. The van der Waals surface area contributed by atoms with Gasteiger partial charge in [-0.3, -0.25) is 14.3 Å². The van der Waals surface area contributed by atoms with E-state index in [1.807, 2.05) is 6.07 Å². The summed E-state index contributed by atoms with van der Waals surface area (Å²) < 4.78 is 30.6. The van der Waals surface area contributed by atoms with Crippen LogP contribution >= 0.6 is 15.9 Å². The second-order valence-electron chi connectivity index (χ2n) is 6.26. The molecule has 1 heterocycles. The molecule has 0 fully saturated rings. The van der Waals surface area contributed by atoms with Crippen molar-refractivity contribution in [1.29, 1.82) is 0 Å². The fraction of sp³-hybridized carbons (Fsp3) is 0.158. The number of amides is 1. The van der Waals surface area contributed by atoms with Gasteiger partial charge in [0.1, 0.15) is 5.69 Å². The summed E-state index contributed by atoms with van der Waals surface area (Å²) in [6, 6.07) is 15.0. The van der Waals surface area contributed by atoms with Crippen molar-refractivity contribution in [3.8, 4) is 5.69 Å². The maximum atomic E-state index is 12.8. The van der Waals surface area contributed by atoms with Crippen molar-refractivity contribution < 1.29 is 13.2 Å². The first-order valence-electron chi connectivity index (χ1n) is 8.60. The molecule has 0 aliphatic heterocycles. The minimum absolute atomic E-state index is 0.0378. The van der Waals surface area contributed by atoms with Gasteiger partial charge in [0.15, 0.2) is 0 Å². The summed E-state index contributed by atoms with van der Waals surface area (Å²) in [5.41, 5.74) is 0.895. The standard InChI is InChI=1S/C19H19BrN4O4S/c1-13-18(19(26)24(23(13)2)15-6-4-3-5-7-15)22-17(25)12-21-29(27,28)16-10-8-14(20)9-11-16/h3-11,21H,12H2,1-2H3,(H,22,25). The molecule has 0 aliphatic carbocycles. The molecule has 0 saturated heterocycles. The number of carbonyl (C=O) groups is 1. The Hall–Kier alpha value is -2.69. The molecule has 0 saturated carbocycles. The van der Waals surface area contributed by atoms with Crippen LogP contribution in [0.1, 0.15) is 5.69 Å². The van der Waals surface area contributed by atoms with Crippen molar-refractivity contribution in [3.63, 3.8) is 0 Å². The molecule has 1 aromatic heterocycles. The molecule has 3 rings (SSSR count). The summed E-state index contributed by atoms with van der Waals surface area (Å²) in [6.07, 6.45) is 0. The summed E-state index contributed by atoms with van der Waals surface area (Å²) in [7, 11) is -2.15. The second kappa shape index (κ2) is 8.36. The third-order valence-corrected chi connectivity index (χ3v) is 6.31. The van der Waals surface area contributed by atoms with Crippen molar-refractivity contribution in [3.05, 3.63) is 75.1 Å². The lowest BCUT2D eigenvalue weighted by Gasteiger charge is -2.08. The number of nitrogens with one attached hydrogen (secondary N) is 2. The zero-order chi connectivity index (χ0) is 21.2. The molecular weight excluding hydrogens is 460 g/mol. The van der Waals surface area contributed by atoms with Gasteiger partial charge in [0.05, 0.1) is 22.8 Å². The number of halogens is 1. The number of benzene rings is 2. The van der Waals surface area contributed by atoms with Crippen LogP contribution in [0.3, 0.4) is 0 Å². The Morgan fingerprint density at radius 1 is 1.07 bits per heavy atom. The Balaban J connectivity index is 1.76. The van der Waals surface area contributed by atoms with Gasteiger partial charge in [-0.1, -0.05) is 34.1 Å². The number of hydrogen-bond donors (Lipinski definition) is 2. The van der Waals surface area contributed by atoms with Crippen LogP contribution in [0, 0.1) is 6.92 Å². The largest absolute Gasteiger partial charge is 0.319 e. The second-order valence-corrected chi connectivity index (χ2v) is 8.95. The van der Waals surface area contributed by atoms with E-state index < -0.39 is 28.0 Å². The van der Waals surface area contributed by atoms with Crippen LogP contribution in [0.2, 0.25) is 0 Å². The highest BCUT2D eigenvalue weighted by Crippen LogP contribution is 2.15. The Morgan fingerprint density at radius 2 is 1.69 bits per heavy atom. The van der Waals surface area contributed by atoms with E-state index in [4.69, 9.17) is 0 Å². The van der Waals surface area contributed by atoms with Gasteiger partial charge >= 0.3 is 0 Å². The van der Waals surface area contributed by atoms with Crippen LogP contribution in [0.5, 0.6) is 0 Å². The van der Waals surface area contributed by atoms with E-state index in [2.05, 4.69) is 26.0 Å². The Labute approximate surface area is 176 Å². The van der Waals surface area contributed by atoms with Crippen LogP contribution in [-0.2, 0) is 21.9 Å². The molecule has 0 spiro atoms. The van der Waals surface area contributed by atoms with Gasteiger partial charge in [-0.15, -0.1) is 0 Å². The maximum absolute atomic E-state index is 12.8. The van der Waals surface area contributed by atoms with Gasteiger partial charge in [0.25, 0.3) is 5.56 Å². The van der Waals surface area contributed by atoms with Crippen LogP contribution in [-0.4, -0.2) is 30.2 Å². The molecule has 29 heavy (non-hydrogen) atoms. The zero-order valence-electron chi connectivity index (χ0n) is 15.7. The quantitative estimate of drug-likeness (QED) is 0.566. The predicted octanol–water partition coefficient (Wildman–Crippen LogP) is 2.16. The van der Waals surface area contributed by atoms with E-state index in [0.717, 1.165) is 4.47 Å². The van der Waals surface area contributed by atoms with Crippen LogP contribution in [0.15, 0.2) is 68.8 Å². The molecule has 2 N–H and O–H groups in total. The molecule has 0 unspecified atom stereocenters. The number of para-hydroxylation sites is 1. The van der Waals surface area contributed by atoms with E-state index in [-0.39, 0.29) is 10.6 Å². The highest BCUT2D eigenvalue weighted by atomic mass is 79.9. The average Bonchev–Trinajstić information content (AvgIpc) is 2.91. The number of carbonyl (C=O) groups excluding carboxylic acids is 1. The molecule has 152 valence electrons. The summed E-state index contributed by atoms with van der Waals surface area (Å²) in [5, 5.41) is 2.52. The van der Waals surface area contributed by atoms with Gasteiger partial charge in [0.2, 0.25) is 15.9 Å². The minimum Gasteiger partial charge on any atom is -0.319 e. The Bertz CT molecular complexity index is 1200. The average molecular weight is 479 g/mol. The molecule has 0 bridgehead atoms. The molecule has 1 amide bonds. The highest BCUT2D eigenvalue weighted by Gasteiger charge is 2.20. The van der Waals surface area contributed by atoms with E-state index in [9.17, 15) is 18.0 Å². The lowest BCUT2D eigenvalue weighted by atomic mass is 10.3. The monoisotopic (exact) mass is 478 g/mol. The fourth-order valence-corrected chi connectivity index (χ4v) is 4.00. The van der Waals surface area contributed by atoms with Crippen molar-refractivity contribution in [2.75, 3.05) is 11.9 Å². The Morgan fingerprint density at radius 3 is 2.31 bits per heavy atom. The number of anilines is 1. The highest BCUT2D eigenvalue weighted by molar-refractivity contribution is 9.10. The molecule has 0 radical (unpaired) electrons. The SMILES string of the molecule is Cc1c(NC(=O)CNS(=O)(=O)c2ccc(Br)cc2)c(=O)n(-c2ccccc2)n1C. The van der Waals surface area contributed by atoms with Crippen LogP contribution < -0.4 is 15.6 Å². The van der Waals surface area contributed by atoms with E-state index in [1.165, 1.54) is 16.8 Å². The molecule has 3 aromatic rings. The summed E-state index contributed by atoms with van der Waals surface area (Å²) in [6.45, 7) is 1.19.